The first kappa shape index (κ1) is 11.1. The van der Waals surface area contributed by atoms with E-state index in [1.165, 1.54) is 12.4 Å². The topological polar surface area (TPSA) is 62.8 Å². The van der Waals surface area contributed by atoms with E-state index in [9.17, 15) is 9.59 Å². The Morgan fingerprint density at radius 3 is 2.75 bits per heavy atom. The van der Waals surface area contributed by atoms with Gasteiger partial charge in [0.05, 0.1) is 16.8 Å². The summed E-state index contributed by atoms with van der Waals surface area (Å²) < 4.78 is 0. The van der Waals surface area contributed by atoms with Crippen LogP contribution in [0.1, 0.15) is 37.5 Å². The average Bonchev–Trinajstić information content (AvgIpc) is 2.86. The molecule has 96 valence electrons. The number of aromatic nitrogens is 2. The van der Waals surface area contributed by atoms with Crippen molar-refractivity contribution in [2.45, 2.75) is 6.92 Å². The molecule has 0 fully saturated rings. The number of hydrogen-bond acceptors (Lipinski definition) is 3. The van der Waals surface area contributed by atoms with E-state index in [4.69, 9.17) is 0 Å². The number of ketones is 2. The van der Waals surface area contributed by atoms with Gasteiger partial charge in [0.1, 0.15) is 0 Å². The normalized spacial score (nSPS) is 13.4. The molecule has 3 aromatic rings. The largest absolute Gasteiger partial charge is 0.351 e. The van der Waals surface area contributed by atoms with E-state index in [0.29, 0.717) is 22.4 Å². The molecule has 1 N–H and O–H groups in total. The second-order valence-corrected chi connectivity index (χ2v) is 4.95. The summed E-state index contributed by atoms with van der Waals surface area (Å²) in [6, 6.07) is 7.30. The minimum Gasteiger partial charge on any atom is -0.351 e. The van der Waals surface area contributed by atoms with E-state index in [-0.39, 0.29) is 11.6 Å². The molecule has 20 heavy (non-hydrogen) atoms. The molecule has 1 aliphatic rings. The predicted molar refractivity (Wildman–Crippen MR) is 74.1 cm³/mol. The summed E-state index contributed by atoms with van der Waals surface area (Å²) in [4.78, 5) is 32.2. The van der Waals surface area contributed by atoms with Crippen LogP contribution in [0.3, 0.4) is 0 Å². The molecule has 0 aliphatic heterocycles. The molecule has 0 radical (unpaired) electrons. The van der Waals surface area contributed by atoms with Crippen LogP contribution in [0.5, 0.6) is 0 Å². The van der Waals surface area contributed by atoms with Gasteiger partial charge in [0.15, 0.2) is 5.78 Å². The first-order valence-corrected chi connectivity index (χ1v) is 6.33. The quantitative estimate of drug-likeness (QED) is 0.530. The Hall–Kier alpha value is -2.75. The Kier molecular flexibility index (Phi) is 2.02. The average molecular weight is 262 g/mol. The van der Waals surface area contributed by atoms with Gasteiger partial charge in [-0.2, -0.15) is 0 Å². The maximum absolute atomic E-state index is 12.6. The number of rotatable bonds is 0. The summed E-state index contributed by atoms with van der Waals surface area (Å²) in [5.41, 5.74) is 3.51. The Bertz CT molecular complexity index is 906. The molecule has 0 spiro atoms. The van der Waals surface area contributed by atoms with Crippen molar-refractivity contribution in [3.8, 4) is 0 Å². The van der Waals surface area contributed by atoms with E-state index in [1.807, 2.05) is 25.1 Å². The van der Waals surface area contributed by atoms with Gasteiger partial charge < -0.3 is 4.98 Å². The molecule has 0 saturated heterocycles. The standard InChI is InChI=1S/C16H10N2O2/c1-8-3-2-4-10-12-14(18-13(8)10)16(20)9-5-6-17-7-11(9)15(12)19/h2-7,18H,1H3. The van der Waals surface area contributed by atoms with Crippen LogP contribution in [0.4, 0.5) is 0 Å². The van der Waals surface area contributed by atoms with Crippen molar-refractivity contribution in [1.82, 2.24) is 9.97 Å². The van der Waals surface area contributed by atoms with Crippen LogP contribution in [-0.4, -0.2) is 21.5 Å². The molecule has 0 unspecified atom stereocenters. The van der Waals surface area contributed by atoms with Gasteiger partial charge in [-0.3, -0.25) is 14.6 Å². The summed E-state index contributed by atoms with van der Waals surface area (Å²) in [7, 11) is 0. The maximum Gasteiger partial charge on any atom is 0.210 e. The zero-order valence-corrected chi connectivity index (χ0v) is 10.7. The smallest absolute Gasteiger partial charge is 0.210 e. The molecule has 0 saturated carbocycles. The van der Waals surface area contributed by atoms with Crippen molar-refractivity contribution in [1.29, 1.82) is 0 Å². The number of benzene rings is 1. The number of carbonyl (C=O) groups is 2. The predicted octanol–water partition coefficient (Wildman–Crippen LogP) is 2.65. The molecule has 2 aromatic heterocycles. The third-order valence-electron chi connectivity index (χ3n) is 3.81. The lowest BCUT2D eigenvalue weighted by molar-refractivity contribution is 0.0977. The van der Waals surface area contributed by atoms with E-state index >= 15 is 0 Å². The van der Waals surface area contributed by atoms with Gasteiger partial charge in [0.25, 0.3) is 0 Å². The van der Waals surface area contributed by atoms with Crippen molar-refractivity contribution < 1.29 is 9.59 Å². The summed E-state index contributed by atoms with van der Waals surface area (Å²) in [6.45, 7) is 1.95. The summed E-state index contributed by atoms with van der Waals surface area (Å²) in [5, 5.41) is 0.799. The van der Waals surface area contributed by atoms with E-state index in [1.54, 1.807) is 6.07 Å². The fourth-order valence-corrected chi connectivity index (χ4v) is 2.81. The van der Waals surface area contributed by atoms with Crippen molar-refractivity contribution in [2.24, 2.45) is 0 Å². The summed E-state index contributed by atoms with van der Waals surface area (Å²) >= 11 is 0. The zero-order valence-electron chi connectivity index (χ0n) is 10.7. The number of nitrogens with one attached hydrogen (secondary N) is 1. The number of hydrogen-bond donors (Lipinski definition) is 1. The molecule has 0 atom stereocenters. The third-order valence-corrected chi connectivity index (χ3v) is 3.81. The molecular formula is C16H10N2O2. The second kappa shape index (κ2) is 3.63. The van der Waals surface area contributed by atoms with Gasteiger partial charge in [-0.05, 0) is 18.6 Å². The van der Waals surface area contributed by atoms with Crippen LogP contribution < -0.4 is 0 Å². The molecule has 4 heteroatoms. The lowest BCUT2D eigenvalue weighted by Crippen LogP contribution is -2.20. The molecule has 1 aromatic carbocycles. The third kappa shape index (κ3) is 1.23. The number of carbonyl (C=O) groups excluding carboxylic acids is 2. The molecule has 4 nitrogen and oxygen atoms in total. The van der Waals surface area contributed by atoms with Gasteiger partial charge in [-0.1, -0.05) is 18.2 Å². The number of pyridine rings is 1. The number of para-hydroxylation sites is 1. The van der Waals surface area contributed by atoms with Gasteiger partial charge in [-0.15, -0.1) is 0 Å². The minimum atomic E-state index is -0.146. The molecule has 0 amide bonds. The van der Waals surface area contributed by atoms with Gasteiger partial charge in [-0.25, -0.2) is 0 Å². The fraction of sp³-hybridized carbons (Fsp3) is 0.0625. The first-order chi connectivity index (χ1) is 9.68. The van der Waals surface area contributed by atoms with Crippen LogP contribution >= 0.6 is 0 Å². The number of aromatic amines is 1. The molecule has 0 bridgehead atoms. The Labute approximate surface area is 114 Å². The Balaban J connectivity index is 2.14. The molecule has 4 rings (SSSR count). The van der Waals surface area contributed by atoms with Crippen LogP contribution in [0.15, 0.2) is 36.7 Å². The second-order valence-electron chi connectivity index (χ2n) is 4.95. The van der Waals surface area contributed by atoms with Gasteiger partial charge in [0.2, 0.25) is 5.78 Å². The highest BCUT2D eigenvalue weighted by Gasteiger charge is 2.33. The van der Waals surface area contributed by atoms with Crippen molar-refractivity contribution >= 4 is 22.5 Å². The maximum atomic E-state index is 12.6. The summed E-state index contributed by atoms with van der Waals surface area (Å²) in [5.74, 6) is -0.285. The van der Waals surface area contributed by atoms with E-state index < -0.39 is 0 Å². The SMILES string of the molecule is Cc1cccc2c3c([nH]c12)C(=O)c1ccncc1C3=O. The number of nitrogens with zero attached hydrogens (tertiary/aromatic N) is 1. The zero-order chi connectivity index (χ0) is 13.9. The van der Waals surface area contributed by atoms with Crippen LogP contribution in [-0.2, 0) is 0 Å². The Morgan fingerprint density at radius 1 is 1.05 bits per heavy atom. The van der Waals surface area contributed by atoms with Crippen LogP contribution in [0.2, 0.25) is 0 Å². The number of fused-ring (bicyclic) bond motifs is 4. The first-order valence-electron chi connectivity index (χ1n) is 6.33. The lowest BCUT2D eigenvalue weighted by Gasteiger charge is -2.13. The number of aryl methyl sites for hydroxylation is 1. The van der Waals surface area contributed by atoms with Crippen LogP contribution in [0.25, 0.3) is 10.9 Å². The Morgan fingerprint density at radius 2 is 1.90 bits per heavy atom. The van der Waals surface area contributed by atoms with E-state index in [2.05, 4.69) is 9.97 Å². The summed E-state index contributed by atoms with van der Waals surface area (Å²) in [6.07, 6.45) is 3.00. The van der Waals surface area contributed by atoms with Gasteiger partial charge >= 0.3 is 0 Å². The number of H-pyrrole nitrogens is 1. The van der Waals surface area contributed by atoms with Crippen molar-refractivity contribution in [2.75, 3.05) is 0 Å². The molecular weight excluding hydrogens is 252 g/mol. The van der Waals surface area contributed by atoms with E-state index in [0.717, 1.165) is 16.5 Å². The van der Waals surface area contributed by atoms with Gasteiger partial charge in [0, 0.05) is 28.9 Å². The van der Waals surface area contributed by atoms with Crippen molar-refractivity contribution in [3.05, 3.63) is 64.6 Å². The van der Waals surface area contributed by atoms with Crippen molar-refractivity contribution in [3.63, 3.8) is 0 Å². The molecule has 1 aliphatic carbocycles. The lowest BCUT2D eigenvalue weighted by atomic mass is 9.88. The molecule has 2 heterocycles. The fourth-order valence-electron chi connectivity index (χ4n) is 2.81. The highest BCUT2D eigenvalue weighted by atomic mass is 16.1. The highest BCUT2D eigenvalue weighted by molar-refractivity contribution is 6.32. The highest BCUT2D eigenvalue weighted by Crippen LogP contribution is 2.33. The minimum absolute atomic E-state index is 0.139. The monoisotopic (exact) mass is 262 g/mol. The van der Waals surface area contributed by atoms with Crippen LogP contribution in [0, 0.1) is 6.92 Å².